The summed E-state index contributed by atoms with van der Waals surface area (Å²) in [6.45, 7) is 3.01. The maximum atomic E-state index is 12.5. The van der Waals surface area contributed by atoms with Gasteiger partial charge in [0, 0.05) is 29.4 Å². The normalized spacial score (nSPS) is 18.5. The first-order valence-corrected chi connectivity index (χ1v) is 9.62. The highest BCUT2D eigenvalue weighted by Gasteiger charge is 2.22. The Morgan fingerprint density at radius 2 is 2.24 bits per heavy atom. The van der Waals surface area contributed by atoms with Gasteiger partial charge in [-0.3, -0.25) is 14.8 Å². The lowest BCUT2D eigenvalue weighted by Gasteiger charge is -2.32. The van der Waals surface area contributed by atoms with Gasteiger partial charge in [-0.05, 0) is 36.9 Å². The van der Waals surface area contributed by atoms with Gasteiger partial charge in [0.15, 0.2) is 0 Å². The van der Waals surface area contributed by atoms with Gasteiger partial charge >= 0.3 is 0 Å². The number of hydrogen-bond donors (Lipinski definition) is 2. The number of hydrogen-bond acceptors (Lipinski definition) is 4. The Morgan fingerprint density at radius 1 is 1.32 bits per heavy atom. The molecule has 130 valence electrons. The van der Waals surface area contributed by atoms with Crippen molar-refractivity contribution < 1.29 is 4.79 Å². The first kappa shape index (κ1) is 16.3. The number of benzene rings is 1. The Morgan fingerprint density at radius 3 is 3.12 bits per heavy atom. The molecule has 5 nitrogen and oxygen atoms in total. The number of nitrogens with zero attached hydrogens (tertiary/aromatic N) is 2. The average molecular weight is 354 g/mol. The zero-order chi connectivity index (χ0) is 17.1. The topological polar surface area (TPSA) is 61.0 Å². The standard InChI is InChI=1S/C19H22N4OS/c24-19(11-18-16-7-1-2-8-17(16)21-22-18)20-14-5-3-9-23(12-14)13-15-6-4-10-25-15/h1-2,4,6-8,10,14H,3,5,9,11-13H2,(H,20,24)(H,21,22)/t14-/m0/s1. The molecule has 2 N–H and O–H groups in total. The maximum Gasteiger partial charge on any atom is 0.226 e. The Bertz CT molecular complexity index is 842. The number of para-hydroxylation sites is 1. The molecular weight excluding hydrogens is 332 g/mol. The zero-order valence-corrected chi connectivity index (χ0v) is 14.9. The van der Waals surface area contributed by atoms with Crippen molar-refractivity contribution in [3.8, 4) is 0 Å². The van der Waals surface area contributed by atoms with Crippen molar-refractivity contribution in [2.24, 2.45) is 0 Å². The average Bonchev–Trinajstić information content (AvgIpc) is 3.26. The molecule has 0 spiro atoms. The van der Waals surface area contributed by atoms with E-state index in [2.05, 4.69) is 37.9 Å². The summed E-state index contributed by atoms with van der Waals surface area (Å²) in [7, 11) is 0. The fraction of sp³-hybridized carbons (Fsp3) is 0.368. The van der Waals surface area contributed by atoms with E-state index in [0.29, 0.717) is 6.42 Å². The van der Waals surface area contributed by atoms with E-state index in [1.807, 2.05) is 24.3 Å². The van der Waals surface area contributed by atoms with Crippen molar-refractivity contribution in [3.05, 3.63) is 52.3 Å². The van der Waals surface area contributed by atoms with E-state index in [0.717, 1.165) is 49.1 Å². The van der Waals surface area contributed by atoms with E-state index in [4.69, 9.17) is 0 Å². The van der Waals surface area contributed by atoms with E-state index >= 15 is 0 Å². The lowest BCUT2D eigenvalue weighted by atomic mass is 10.0. The number of likely N-dealkylation sites (tertiary alicyclic amines) is 1. The van der Waals surface area contributed by atoms with Crippen LogP contribution in [0.5, 0.6) is 0 Å². The summed E-state index contributed by atoms with van der Waals surface area (Å²) in [6, 6.07) is 12.4. The van der Waals surface area contributed by atoms with Crippen LogP contribution in [0, 0.1) is 0 Å². The molecule has 1 aliphatic rings. The number of fused-ring (bicyclic) bond motifs is 1. The molecule has 1 aromatic carbocycles. The number of H-pyrrole nitrogens is 1. The van der Waals surface area contributed by atoms with Crippen molar-refractivity contribution in [2.45, 2.75) is 31.8 Å². The molecule has 0 aliphatic carbocycles. The van der Waals surface area contributed by atoms with E-state index in [9.17, 15) is 4.79 Å². The molecule has 1 saturated heterocycles. The van der Waals surface area contributed by atoms with Crippen molar-refractivity contribution in [3.63, 3.8) is 0 Å². The van der Waals surface area contributed by atoms with Gasteiger partial charge in [0.2, 0.25) is 5.91 Å². The summed E-state index contributed by atoms with van der Waals surface area (Å²) >= 11 is 1.80. The second kappa shape index (κ2) is 7.37. The van der Waals surface area contributed by atoms with Crippen molar-refractivity contribution in [2.75, 3.05) is 13.1 Å². The fourth-order valence-electron chi connectivity index (χ4n) is 3.53. The molecule has 3 aromatic rings. The van der Waals surface area contributed by atoms with Gasteiger partial charge in [-0.1, -0.05) is 24.3 Å². The smallest absolute Gasteiger partial charge is 0.226 e. The minimum Gasteiger partial charge on any atom is -0.352 e. The highest BCUT2D eigenvalue weighted by molar-refractivity contribution is 7.09. The minimum atomic E-state index is 0.0670. The lowest BCUT2D eigenvalue weighted by molar-refractivity contribution is -0.121. The predicted octanol–water partition coefficient (Wildman–Crippen LogP) is 2.95. The third kappa shape index (κ3) is 3.91. The van der Waals surface area contributed by atoms with E-state index in [1.165, 1.54) is 4.88 Å². The van der Waals surface area contributed by atoms with Crippen molar-refractivity contribution in [1.29, 1.82) is 0 Å². The molecule has 1 fully saturated rings. The number of carbonyl (C=O) groups is 1. The van der Waals surface area contributed by atoms with Crippen molar-refractivity contribution in [1.82, 2.24) is 20.4 Å². The van der Waals surface area contributed by atoms with Gasteiger partial charge in [-0.25, -0.2) is 0 Å². The first-order valence-electron chi connectivity index (χ1n) is 8.74. The molecule has 0 radical (unpaired) electrons. The van der Waals surface area contributed by atoms with Gasteiger partial charge in [0.1, 0.15) is 0 Å². The lowest BCUT2D eigenvalue weighted by Crippen LogP contribution is -2.47. The number of rotatable bonds is 5. The highest BCUT2D eigenvalue weighted by atomic mass is 32.1. The Hall–Kier alpha value is -2.18. The van der Waals surface area contributed by atoms with Crippen LogP contribution >= 0.6 is 11.3 Å². The predicted molar refractivity (Wildman–Crippen MR) is 101 cm³/mol. The van der Waals surface area contributed by atoms with Crippen LogP contribution in [0.4, 0.5) is 0 Å². The summed E-state index contributed by atoms with van der Waals surface area (Å²) < 4.78 is 0. The molecule has 1 atom stereocenters. The quantitative estimate of drug-likeness (QED) is 0.740. The second-order valence-electron chi connectivity index (χ2n) is 6.62. The van der Waals surface area contributed by atoms with Gasteiger partial charge in [0.05, 0.1) is 17.6 Å². The monoisotopic (exact) mass is 354 g/mol. The molecule has 6 heteroatoms. The van der Waals surface area contributed by atoms with Gasteiger partial charge < -0.3 is 5.32 Å². The fourth-order valence-corrected chi connectivity index (χ4v) is 4.27. The summed E-state index contributed by atoms with van der Waals surface area (Å²) in [5, 5.41) is 13.6. The molecular formula is C19H22N4OS. The molecule has 0 unspecified atom stereocenters. The van der Waals surface area contributed by atoms with Gasteiger partial charge in [-0.2, -0.15) is 5.10 Å². The van der Waals surface area contributed by atoms with Crippen LogP contribution in [-0.2, 0) is 17.8 Å². The molecule has 0 bridgehead atoms. The number of piperidine rings is 1. The van der Waals surface area contributed by atoms with Gasteiger partial charge in [-0.15, -0.1) is 11.3 Å². The Kier molecular flexibility index (Phi) is 4.81. The molecule has 1 amide bonds. The molecule has 0 saturated carbocycles. The molecule has 2 aromatic heterocycles. The van der Waals surface area contributed by atoms with Crippen LogP contribution in [0.15, 0.2) is 41.8 Å². The second-order valence-corrected chi connectivity index (χ2v) is 7.65. The zero-order valence-electron chi connectivity index (χ0n) is 14.1. The summed E-state index contributed by atoms with van der Waals surface area (Å²) in [5.74, 6) is 0.0670. The van der Waals surface area contributed by atoms with E-state index in [1.54, 1.807) is 11.3 Å². The summed E-state index contributed by atoms with van der Waals surface area (Å²) in [6.07, 6.45) is 2.53. The van der Waals surface area contributed by atoms with Crippen LogP contribution in [0.25, 0.3) is 10.9 Å². The summed E-state index contributed by atoms with van der Waals surface area (Å²) in [4.78, 5) is 16.3. The third-order valence-corrected chi connectivity index (χ3v) is 5.57. The third-order valence-electron chi connectivity index (χ3n) is 4.71. The van der Waals surface area contributed by atoms with Crippen LogP contribution in [-0.4, -0.2) is 40.1 Å². The van der Waals surface area contributed by atoms with Crippen LogP contribution in [0.3, 0.4) is 0 Å². The number of aromatic nitrogens is 2. The van der Waals surface area contributed by atoms with Gasteiger partial charge in [0.25, 0.3) is 0 Å². The largest absolute Gasteiger partial charge is 0.352 e. The van der Waals surface area contributed by atoms with Crippen LogP contribution in [0.1, 0.15) is 23.4 Å². The molecule has 1 aliphatic heterocycles. The van der Waals surface area contributed by atoms with Crippen LogP contribution in [0.2, 0.25) is 0 Å². The van der Waals surface area contributed by atoms with E-state index < -0.39 is 0 Å². The van der Waals surface area contributed by atoms with Crippen LogP contribution < -0.4 is 5.32 Å². The number of carbonyl (C=O) groups excluding carboxylic acids is 1. The SMILES string of the molecule is O=C(Cc1[nH]nc2ccccc12)N[C@H]1CCCN(Cc2cccs2)C1. The van der Waals surface area contributed by atoms with E-state index in [-0.39, 0.29) is 11.9 Å². The number of nitrogens with one attached hydrogen (secondary N) is 2. The molecule has 3 heterocycles. The van der Waals surface area contributed by atoms with Crippen molar-refractivity contribution >= 4 is 28.1 Å². The minimum absolute atomic E-state index is 0.0670. The Labute approximate surface area is 151 Å². The molecule has 4 rings (SSSR count). The highest BCUT2D eigenvalue weighted by Crippen LogP contribution is 2.18. The first-order chi connectivity index (χ1) is 12.3. The number of thiophene rings is 1. The maximum absolute atomic E-state index is 12.5. The summed E-state index contributed by atoms with van der Waals surface area (Å²) in [5.41, 5.74) is 1.80. The number of amides is 1. The Balaban J connectivity index is 1.34. The number of aromatic amines is 1. The molecule has 25 heavy (non-hydrogen) atoms.